The lowest BCUT2D eigenvalue weighted by Crippen LogP contribution is -2.17. The van der Waals surface area contributed by atoms with E-state index in [1.54, 1.807) is 12.1 Å². The van der Waals surface area contributed by atoms with Gasteiger partial charge in [0.2, 0.25) is 0 Å². The van der Waals surface area contributed by atoms with E-state index < -0.39 is 5.97 Å². The van der Waals surface area contributed by atoms with E-state index >= 15 is 0 Å². The summed E-state index contributed by atoms with van der Waals surface area (Å²) in [7, 11) is 0. The van der Waals surface area contributed by atoms with Gasteiger partial charge < -0.3 is 9.67 Å². The van der Waals surface area contributed by atoms with Crippen molar-refractivity contribution in [1.29, 1.82) is 0 Å². The number of hydrogen-bond acceptors (Lipinski definition) is 2. The van der Waals surface area contributed by atoms with Crippen LogP contribution in [0.2, 0.25) is 0 Å². The molecule has 1 N–H and O–H groups in total. The fraction of sp³-hybridized carbons (Fsp3) is 0.529. The lowest BCUT2D eigenvalue weighted by Gasteiger charge is -2.24. The molecule has 1 heterocycles. The Hall–Kier alpha value is -1.84. The van der Waals surface area contributed by atoms with Crippen molar-refractivity contribution in [3.8, 4) is 0 Å². The van der Waals surface area contributed by atoms with E-state index in [-0.39, 0.29) is 0 Å². The molecular weight excluding hydrogens is 264 g/mol. The highest BCUT2D eigenvalue weighted by Gasteiger charge is 2.32. The molecule has 1 aromatic heterocycles. The first kappa shape index (κ1) is 14.1. The number of rotatable bonds is 5. The molecule has 112 valence electrons. The average molecular weight is 286 g/mol. The predicted molar refractivity (Wildman–Crippen MR) is 82.8 cm³/mol. The van der Waals surface area contributed by atoms with Crippen LogP contribution >= 0.6 is 0 Å². The fourth-order valence-corrected chi connectivity index (χ4v) is 3.17. The van der Waals surface area contributed by atoms with E-state index in [0.717, 1.165) is 23.3 Å². The van der Waals surface area contributed by atoms with Crippen molar-refractivity contribution in [2.24, 2.45) is 5.92 Å². The van der Waals surface area contributed by atoms with E-state index in [9.17, 15) is 9.90 Å². The summed E-state index contributed by atoms with van der Waals surface area (Å²) >= 11 is 0. The van der Waals surface area contributed by atoms with Gasteiger partial charge in [0.25, 0.3) is 0 Å². The molecule has 1 aliphatic carbocycles. The quantitative estimate of drug-likeness (QED) is 0.895. The number of carboxylic acid groups (broad SMARTS) is 1. The van der Waals surface area contributed by atoms with Crippen LogP contribution in [-0.2, 0) is 0 Å². The first-order chi connectivity index (χ1) is 10.0. The van der Waals surface area contributed by atoms with Crippen LogP contribution in [0.25, 0.3) is 11.0 Å². The number of carboxylic acids is 1. The zero-order valence-corrected chi connectivity index (χ0v) is 12.8. The van der Waals surface area contributed by atoms with E-state index in [1.807, 2.05) is 6.07 Å². The molecule has 0 radical (unpaired) electrons. The van der Waals surface area contributed by atoms with Crippen molar-refractivity contribution < 1.29 is 9.90 Å². The highest BCUT2D eigenvalue weighted by molar-refractivity contribution is 5.92. The zero-order valence-electron chi connectivity index (χ0n) is 12.8. The third-order valence-electron chi connectivity index (χ3n) is 4.43. The lowest BCUT2D eigenvalue weighted by molar-refractivity contribution is 0.0697. The Morgan fingerprint density at radius 1 is 1.43 bits per heavy atom. The van der Waals surface area contributed by atoms with Crippen molar-refractivity contribution in [2.75, 3.05) is 0 Å². The molecule has 1 atom stereocenters. The number of carbonyl (C=O) groups is 1. The second-order valence-corrected chi connectivity index (χ2v) is 6.34. The molecule has 4 heteroatoms. The number of hydrogen-bond donors (Lipinski definition) is 1. The largest absolute Gasteiger partial charge is 0.478 e. The summed E-state index contributed by atoms with van der Waals surface area (Å²) in [6, 6.07) is 5.64. The minimum absolute atomic E-state index is 0.338. The second-order valence-electron chi connectivity index (χ2n) is 6.34. The highest BCUT2D eigenvalue weighted by atomic mass is 16.4. The van der Waals surface area contributed by atoms with Gasteiger partial charge in [-0.25, -0.2) is 9.78 Å². The van der Waals surface area contributed by atoms with E-state index in [0.29, 0.717) is 23.4 Å². The lowest BCUT2D eigenvalue weighted by atomic mass is 10.0. The predicted octanol–water partition coefficient (Wildman–Crippen LogP) is 4.22. The van der Waals surface area contributed by atoms with Crippen molar-refractivity contribution >= 4 is 17.0 Å². The molecule has 0 amide bonds. The monoisotopic (exact) mass is 286 g/mol. The van der Waals surface area contributed by atoms with Gasteiger partial charge in [0.15, 0.2) is 0 Å². The van der Waals surface area contributed by atoms with E-state index in [1.165, 1.54) is 12.8 Å². The summed E-state index contributed by atoms with van der Waals surface area (Å²) in [4.78, 5) is 16.0. The molecule has 0 saturated heterocycles. The maximum atomic E-state index is 11.3. The number of aromatic nitrogens is 2. The van der Waals surface area contributed by atoms with Gasteiger partial charge in [-0.05, 0) is 43.4 Å². The number of aromatic carboxylic acids is 1. The Balaban J connectivity index is 2.23. The van der Waals surface area contributed by atoms with Crippen molar-refractivity contribution in [2.45, 2.75) is 52.0 Å². The van der Waals surface area contributed by atoms with E-state index in [2.05, 4.69) is 25.3 Å². The van der Waals surface area contributed by atoms with Gasteiger partial charge in [-0.3, -0.25) is 0 Å². The van der Waals surface area contributed by atoms with Gasteiger partial charge in [0, 0.05) is 12.0 Å². The molecule has 2 aromatic rings. The van der Waals surface area contributed by atoms with Gasteiger partial charge in [0.05, 0.1) is 16.6 Å². The molecule has 1 saturated carbocycles. The molecule has 0 bridgehead atoms. The van der Waals surface area contributed by atoms with Crippen LogP contribution in [-0.4, -0.2) is 20.6 Å². The normalized spacial score (nSPS) is 16.6. The summed E-state index contributed by atoms with van der Waals surface area (Å²) in [5, 5.41) is 9.24. The SMILES string of the molecule is CCC(C(C)C)n1c(C2CC2)nc2ccc(C(=O)O)cc21. The Bertz CT molecular complexity index is 683. The van der Waals surface area contributed by atoms with Crippen molar-refractivity contribution in [3.05, 3.63) is 29.6 Å². The zero-order chi connectivity index (χ0) is 15.1. The van der Waals surface area contributed by atoms with Crippen LogP contribution < -0.4 is 0 Å². The Kier molecular flexibility index (Phi) is 3.47. The molecule has 21 heavy (non-hydrogen) atoms. The van der Waals surface area contributed by atoms with Gasteiger partial charge in [-0.15, -0.1) is 0 Å². The fourth-order valence-electron chi connectivity index (χ4n) is 3.17. The highest BCUT2D eigenvalue weighted by Crippen LogP contribution is 2.43. The third kappa shape index (κ3) is 2.43. The van der Waals surface area contributed by atoms with Crippen molar-refractivity contribution in [3.63, 3.8) is 0 Å². The molecule has 0 spiro atoms. The summed E-state index contributed by atoms with van der Waals surface area (Å²) in [5.74, 6) is 1.32. The van der Waals surface area contributed by atoms with Crippen LogP contribution in [0.4, 0.5) is 0 Å². The van der Waals surface area contributed by atoms with Crippen LogP contribution in [0.15, 0.2) is 18.2 Å². The number of benzene rings is 1. The van der Waals surface area contributed by atoms with Crippen molar-refractivity contribution in [1.82, 2.24) is 9.55 Å². The van der Waals surface area contributed by atoms with Crippen LogP contribution in [0, 0.1) is 5.92 Å². The van der Waals surface area contributed by atoms with Crippen LogP contribution in [0.5, 0.6) is 0 Å². The first-order valence-electron chi connectivity index (χ1n) is 7.78. The molecule has 1 aliphatic rings. The Morgan fingerprint density at radius 2 is 2.14 bits per heavy atom. The first-order valence-corrected chi connectivity index (χ1v) is 7.78. The summed E-state index contributed by atoms with van der Waals surface area (Å²) < 4.78 is 2.31. The maximum absolute atomic E-state index is 11.3. The molecule has 1 aromatic carbocycles. The smallest absolute Gasteiger partial charge is 0.335 e. The van der Waals surface area contributed by atoms with Gasteiger partial charge in [-0.1, -0.05) is 20.8 Å². The van der Waals surface area contributed by atoms with Gasteiger partial charge >= 0.3 is 5.97 Å². The second kappa shape index (κ2) is 5.17. The number of nitrogens with zero attached hydrogens (tertiary/aromatic N) is 2. The average Bonchev–Trinajstić information content (AvgIpc) is 3.22. The standard InChI is InChI=1S/C17H22N2O2/c1-4-14(10(2)3)19-15-9-12(17(20)21)7-8-13(15)18-16(19)11-5-6-11/h7-11,14H,4-6H2,1-3H3,(H,20,21). The summed E-state index contributed by atoms with van der Waals surface area (Å²) in [6.07, 6.45) is 3.42. The molecule has 3 rings (SSSR count). The third-order valence-corrected chi connectivity index (χ3v) is 4.43. The summed E-state index contributed by atoms with van der Waals surface area (Å²) in [5.41, 5.74) is 2.22. The molecule has 1 unspecified atom stereocenters. The molecule has 1 fully saturated rings. The van der Waals surface area contributed by atoms with Crippen LogP contribution in [0.1, 0.15) is 68.2 Å². The number of fused-ring (bicyclic) bond motifs is 1. The Morgan fingerprint density at radius 3 is 2.67 bits per heavy atom. The molecule has 0 aliphatic heterocycles. The topological polar surface area (TPSA) is 55.1 Å². The summed E-state index contributed by atoms with van der Waals surface area (Å²) in [6.45, 7) is 6.63. The van der Waals surface area contributed by atoms with E-state index in [4.69, 9.17) is 4.98 Å². The molecular formula is C17H22N2O2. The van der Waals surface area contributed by atoms with Gasteiger partial charge in [0.1, 0.15) is 5.82 Å². The minimum atomic E-state index is -0.879. The maximum Gasteiger partial charge on any atom is 0.335 e. The number of imidazole rings is 1. The molecule has 4 nitrogen and oxygen atoms in total. The Labute approximate surface area is 124 Å². The van der Waals surface area contributed by atoms with Gasteiger partial charge in [-0.2, -0.15) is 0 Å². The van der Waals surface area contributed by atoms with Crippen LogP contribution in [0.3, 0.4) is 0 Å². The minimum Gasteiger partial charge on any atom is -0.478 e.